The Morgan fingerprint density at radius 3 is 2.35 bits per heavy atom. The van der Waals surface area contributed by atoms with Crippen molar-refractivity contribution in [2.45, 2.75) is 65.1 Å². The highest BCUT2D eigenvalue weighted by atomic mass is 16.5. The first-order chi connectivity index (χ1) is 12.2. The standard InChI is InChI=1S/C20H30N4O2/c1-12-9-17(25-7)18(26-8)10-16(12)20(5,6)15(4)24-14(3)13(2)23-19(24)22-11-21/h9-10,13-15H,1-8H3,(H,22,23). The molecule has 3 unspecified atom stereocenters. The first-order valence-electron chi connectivity index (χ1n) is 8.93. The highest BCUT2D eigenvalue weighted by molar-refractivity contribution is 5.84. The van der Waals surface area contributed by atoms with Crippen molar-refractivity contribution in [2.75, 3.05) is 14.2 Å². The van der Waals surface area contributed by atoms with Gasteiger partial charge in [-0.3, -0.25) is 5.32 Å². The van der Waals surface area contributed by atoms with Gasteiger partial charge >= 0.3 is 0 Å². The third kappa shape index (κ3) is 3.31. The number of methoxy groups -OCH3 is 2. The number of ether oxygens (including phenoxy) is 2. The van der Waals surface area contributed by atoms with Crippen LogP contribution in [-0.4, -0.2) is 43.2 Å². The maximum atomic E-state index is 9.09. The first-order valence-corrected chi connectivity index (χ1v) is 8.93. The molecule has 6 nitrogen and oxygen atoms in total. The monoisotopic (exact) mass is 358 g/mol. The van der Waals surface area contributed by atoms with Crippen molar-refractivity contribution < 1.29 is 9.47 Å². The summed E-state index contributed by atoms with van der Waals surface area (Å²) < 4.78 is 10.9. The lowest BCUT2D eigenvalue weighted by atomic mass is 9.75. The first kappa shape index (κ1) is 19.9. The predicted molar refractivity (Wildman–Crippen MR) is 104 cm³/mol. The molecule has 0 spiro atoms. The van der Waals surface area contributed by atoms with Gasteiger partial charge in [0.15, 0.2) is 17.7 Å². The molecule has 1 aromatic carbocycles. The number of guanidine groups is 1. The molecular weight excluding hydrogens is 328 g/mol. The minimum absolute atomic E-state index is 0.110. The Morgan fingerprint density at radius 1 is 1.23 bits per heavy atom. The zero-order chi connectivity index (χ0) is 19.6. The lowest BCUT2D eigenvalue weighted by Gasteiger charge is -2.43. The molecule has 1 aliphatic heterocycles. The summed E-state index contributed by atoms with van der Waals surface area (Å²) in [5.41, 5.74) is 2.12. The normalized spacial score (nSPS) is 21.0. The summed E-state index contributed by atoms with van der Waals surface area (Å²) in [6, 6.07) is 4.53. The summed E-state index contributed by atoms with van der Waals surface area (Å²) in [5.74, 6) is 2.10. The number of nitrogens with zero attached hydrogens (tertiary/aromatic N) is 3. The van der Waals surface area contributed by atoms with Gasteiger partial charge in [0, 0.05) is 11.5 Å². The van der Waals surface area contributed by atoms with Gasteiger partial charge in [0.2, 0.25) is 5.96 Å². The second-order valence-electron chi connectivity index (χ2n) is 7.50. The number of hydrogen-bond donors (Lipinski definition) is 1. The smallest absolute Gasteiger partial charge is 0.208 e. The van der Waals surface area contributed by atoms with Crippen molar-refractivity contribution in [1.82, 2.24) is 10.2 Å². The van der Waals surface area contributed by atoms with Crippen LogP contribution in [0.3, 0.4) is 0 Å². The zero-order valence-electron chi connectivity index (χ0n) is 17.0. The summed E-state index contributed by atoms with van der Waals surface area (Å²) in [7, 11) is 3.30. The Balaban J connectivity index is 2.46. The number of nitriles is 1. The summed E-state index contributed by atoms with van der Waals surface area (Å²) in [5, 5.41) is 11.8. The molecule has 0 radical (unpaired) electrons. The van der Waals surface area contributed by atoms with Crippen LogP contribution in [0.2, 0.25) is 0 Å². The van der Waals surface area contributed by atoms with E-state index in [1.807, 2.05) is 12.3 Å². The van der Waals surface area contributed by atoms with Crippen molar-refractivity contribution in [1.29, 1.82) is 5.26 Å². The lowest BCUT2D eigenvalue weighted by molar-refractivity contribution is 0.189. The van der Waals surface area contributed by atoms with E-state index < -0.39 is 0 Å². The fraction of sp³-hybridized carbons (Fsp3) is 0.600. The number of aliphatic imine (C=N–C) groups is 1. The minimum Gasteiger partial charge on any atom is -0.493 e. The average molecular weight is 358 g/mol. The number of rotatable bonds is 5. The molecule has 0 amide bonds. The minimum atomic E-state index is -0.208. The Bertz CT molecular complexity index is 736. The molecule has 1 N–H and O–H groups in total. The van der Waals surface area contributed by atoms with E-state index in [2.05, 4.69) is 62.8 Å². The van der Waals surface area contributed by atoms with Crippen LogP contribution in [0, 0.1) is 18.4 Å². The van der Waals surface area contributed by atoms with E-state index in [0.29, 0.717) is 5.96 Å². The summed E-state index contributed by atoms with van der Waals surface area (Å²) in [4.78, 5) is 6.83. The second-order valence-corrected chi connectivity index (χ2v) is 7.50. The highest BCUT2D eigenvalue weighted by Gasteiger charge is 2.41. The maximum Gasteiger partial charge on any atom is 0.208 e. The van der Waals surface area contributed by atoms with Gasteiger partial charge in [-0.2, -0.15) is 5.26 Å². The van der Waals surface area contributed by atoms with E-state index in [4.69, 9.17) is 14.7 Å². The molecule has 0 aliphatic carbocycles. The molecule has 3 atom stereocenters. The number of benzene rings is 1. The van der Waals surface area contributed by atoms with Crippen LogP contribution >= 0.6 is 0 Å². The fourth-order valence-corrected chi connectivity index (χ4v) is 3.72. The van der Waals surface area contributed by atoms with Gasteiger partial charge in [-0.25, -0.2) is 4.99 Å². The third-order valence-corrected chi connectivity index (χ3v) is 5.76. The van der Waals surface area contributed by atoms with Gasteiger partial charge in [0.1, 0.15) is 0 Å². The Labute approximate surface area is 156 Å². The molecule has 2 rings (SSSR count). The van der Waals surface area contributed by atoms with Crippen LogP contribution in [0.5, 0.6) is 11.5 Å². The number of hydrogen-bond acceptors (Lipinski definition) is 6. The molecule has 0 aromatic heterocycles. The molecule has 142 valence electrons. The van der Waals surface area contributed by atoms with E-state index in [1.54, 1.807) is 14.2 Å². The molecule has 1 aromatic rings. The third-order valence-electron chi connectivity index (χ3n) is 5.76. The van der Waals surface area contributed by atoms with Gasteiger partial charge < -0.3 is 14.4 Å². The zero-order valence-corrected chi connectivity index (χ0v) is 17.0. The van der Waals surface area contributed by atoms with E-state index in [0.717, 1.165) is 17.1 Å². The average Bonchev–Trinajstić information content (AvgIpc) is 2.87. The Hall–Kier alpha value is -2.42. The fourth-order valence-electron chi connectivity index (χ4n) is 3.72. The van der Waals surface area contributed by atoms with Crippen molar-refractivity contribution in [3.8, 4) is 17.7 Å². The quantitative estimate of drug-likeness (QED) is 0.646. The summed E-state index contributed by atoms with van der Waals surface area (Å²) in [6.45, 7) is 12.9. The predicted octanol–water partition coefficient (Wildman–Crippen LogP) is 3.20. The SMILES string of the molecule is COc1cc(C)c(C(C)(C)C(C)N2C(NC#N)=NC(C)C2C)cc1OC. The van der Waals surface area contributed by atoms with Crippen LogP contribution in [0.25, 0.3) is 0 Å². The van der Waals surface area contributed by atoms with E-state index in [9.17, 15) is 0 Å². The van der Waals surface area contributed by atoms with Gasteiger partial charge in [0.05, 0.1) is 26.3 Å². The topological polar surface area (TPSA) is 69.9 Å². The van der Waals surface area contributed by atoms with Crippen LogP contribution in [-0.2, 0) is 5.41 Å². The molecule has 0 saturated carbocycles. The molecule has 26 heavy (non-hydrogen) atoms. The number of aryl methyl sites for hydroxylation is 1. The van der Waals surface area contributed by atoms with Crippen molar-refractivity contribution in [2.24, 2.45) is 4.99 Å². The van der Waals surface area contributed by atoms with Gasteiger partial charge in [-0.1, -0.05) is 13.8 Å². The van der Waals surface area contributed by atoms with Crippen molar-refractivity contribution >= 4 is 5.96 Å². The molecule has 0 fully saturated rings. The van der Waals surface area contributed by atoms with Crippen LogP contribution in [0.1, 0.15) is 45.7 Å². The van der Waals surface area contributed by atoms with Crippen molar-refractivity contribution in [3.05, 3.63) is 23.3 Å². The van der Waals surface area contributed by atoms with Gasteiger partial charge in [0.25, 0.3) is 0 Å². The number of nitrogens with one attached hydrogen (secondary N) is 1. The Morgan fingerprint density at radius 2 is 1.81 bits per heavy atom. The van der Waals surface area contributed by atoms with E-state index in [1.165, 1.54) is 5.56 Å². The second kappa shape index (κ2) is 7.45. The Kier molecular flexibility index (Phi) is 5.70. The molecular formula is C20H30N4O2. The molecule has 0 saturated heterocycles. The molecule has 6 heteroatoms. The van der Waals surface area contributed by atoms with E-state index >= 15 is 0 Å². The lowest BCUT2D eigenvalue weighted by Crippen LogP contribution is -2.54. The molecule has 1 aliphatic rings. The largest absolute Gasteiger partial charge is 0.493 e. The van der Waals surface area contributed by atoms with Crippen molar-refractivity contribution in [3.63, 3.8) is 0 Å². The van der Waals surface area contributed by atoms with Crippen LogP contribution < -0.4 is 14.8 Å². The van der Waals surface area contributed by atoms with Crippen LogP contribution in [0.4, 0.5) is 0 Å². The van der Waals surface area contributed by atoms with Gasteiger partial charge in [-0.15, -0.1) is 0 Å². The highest BCUT2D eigenvalue weighted by Crippen LogP contribution is 2.40. The summed E-state index contributed by atoms with van der Waals surface area (Å²) in [6.07, 6.45) is 2.01. The summed E-state index contributed by atoms with van der Waals surface area (Å²) >= 11 is 0. The molecule has 1 heterocycles. The maximum absolute atomic E-state index is 9.09. The van der Waals surface area contributed by atoms with E-state index in [-0.39, 0.29) is 23.5 Å². The van der Waals surface area contributed by atoms with Gasteiger partial charge in [-0.05, 0) is 51.0 Å². The molecule has 0 bridgehead atoms. The van der Waals surface area contributed by atoms with Crippen LogP contribution in [0.15, 0.2) is 17.1 Å².